The highest BCUT2D eigenvalue weighted by Gasteiger charge is 2.52. The fourth-order valence-corrected chi connectivity index (χ4v) is 3.75. The van der Waals surface area contributed by atoms with Crippen LogP contribution in [-0.4, -0.2) is 35.0 Å². The van der Waals surface area contributed by atoms with Crippen LogP contribution in [0.1, 0.15) is 32.1 Å². The van der Waals surface area contributed by atoms with E-state index in [1.807, 2.05) is 30.3 Å². The average Bonchev–Trinajstić information content (AvgIpc) is 2.98. The van der Waals surface area contributed by atoms with Crippen LogP contribution in [0.15, 0.2) is 54.6 Å². The minimum atomic E-state index is -0.877. The van der Waals surface area contributed by atoms with E-state index in [9.17, 15) is 14.4 Å². The fourth-order valence-electron chi connectivity index (χ4n) is 3.75. The van der Waals surface area contributed by atoms with Gasteiger partial charge in [0.1, 0.15) is 22.8 Å². The summed E-state index contributed by atoms with van der Waals surface area (Å²) in [7, 11) is 0. The van der Waals surface area contributed by atoms with Crippen molar-refractivity contribution in [2.45, 2.75) is 37.6 Å². The third-order valence-corrected chi connectivity index (χ3v) is 5.28. The number of para-hydroxylation sites is 1. The van der Waals surface area contributed by atoms with Gasteiger partial charge in [0.05, 0.1) is 0 Å². The predicted octanol–water partition coefficient (Wildman–Crippen LogP) is 3.14. The Morgan fingerprint density at radius 2 is 1.57 bits per heavy atom. The van der Waals surface area contributed by atoms with E-state index in [0.29, 0.717) is 24.3 Å². The van der Waals surface area contributed by atoms with Gasteiger partial charge in [-0.3, -0.25) is 15.0 Å². The first-order valence-corrected chi connectivity index (χ1v) is 9.98. The summed E-state index contributed by atoms with van der Waals surface area (Å²) in [4.78, 5) is 37.1. The summed E-state index contributed by atoms with van der Waals surface area (Å²) in [6.07, 6.45) is 3.98. The van der Waals surface area contributed by atoms with Crippen molar-refractivity contribution in [3.8, 4) is 17.2 Å². The van der Waals surface area contributed by atoms with Gasteiger partial charge in [-0.15, -0.1) is 0 Å². The Kier molecular flexibility index (Phi) is 5.56. The van der Waals surface area contributed by atoms with Gasteiger partial charge in [-0.25, -0.2) is 4.79 Å². The van der Waals surface area contributed by atoms with E-state index in [1.54, 1.807) is 24.3 Å². The summed E-state index contributed by atoms with van der Waals surface area (Å²) in [5.74, 6) is 0.829. The summed E-state index contributed by atoms with van der Waals surface area (Å²) >= 11 is 0. The minimum Gasteiger partial charge on any atom is -0.484 e. The van der Waals surface area contributed by atoms with Gasteiger partial charge in [0, 0.05) is 0 Å². The molecule has 1 aliphatic carbocycles. The van der Waals surface area contributed by atoms with Gasteiger partial charge in [-0.05, 0) is 49.2 Å². The highest BCUT2D eigenvalue weighted by atomic mass is 16.5. The fraction of sp³-hybridized carbons (Fsp3) is 0.318. The van der Waals surface area contributed by atoms with Crippen molar-refractivity contribution < 1.29 is 23.9 Å². The maximum atomic E-state index is 12.7. The lowest BCUT2D eigenvalue weighted by atomic mass is 9.82. The Hall–Kier alpha value is -3.55. The van der Waals surface area contributed by atoms with Crippen molar-refractivity contribution in [3.05, 3.63) is 54.6 Å². The number of nitrogens with zero attached hydrogens (tertiary/aromatic N) is 1. The molecule has 0 aromatic heterocycles. The van der Waals surface area contributed by atoms with Crippen LogP contribution in [0.4, 0.5) is 4.79 Å². The number of hydrazine groups is 1. The molecule has 0 atom stereocenters. The number of rotatable bonds is 6. The number of amides is 4. The van der Waals surface area contributed by atoms with Gasteiger partial charge >= 0.3 is 6.03 Å². The molecule has 1 saturated carbocycles. The lowest BCUT2D eigenvalue weighted by Gasteiger charge is -2.30. The molecule has 0 bridgehead atoms. The molecular formula is C22H23N3O5. The zero-order valence-electron chi connectivity index (χ0n) is 16.4. The first-order chi connectivity index (χ1) is 14.6. The molecule has 1 aliphatic heterocycles. The number of imide groups is 1. The quantitative estimate of drug-likeness (QED) is 0.715. The van der Waals surface area contributed by atoms with Gasteiger partial charge in [-0.2, -0.15) is 5.01 Å². The van der Waals surface area contributed by atoms with Gasteiger partial charge in [0.2, 0.25) is 0 Å². The van der Waals surface area contributed by atoms with E-state index in [1.165, 1.54) is 0 Å². The smallest absolute Gasteiger partial charge is 0.344 e. The van der Waals surface area contributed by atoms with Crippen molar-refractivity contribution in [3.63, 3.8) is 0 Å². The number of hydrogen-bond donors (Lipinski definition) is 2. The molecular weight excluding hydrogens is 386 g/mol. The molecule has 4 rings (SSSR count). The van der Waals surface area contributed by atoms with Crippen molar-refractivity contribution in [2.75, 3.05) is 6.61 Å². The van der Waals surface area contributed by atoms with E-state index in [0.717, 1.165) is 30.0 Å². The zero-order valence-corrected chi connectivity index (χ0v) is 16.4. The molecule has 2 aromatic rings. The van der Waals surface area contributed by atoms with E-state index < -0.39 is 23.4 Å². The third kappa shape index (κ3) is 4.22. The molecule has 8 nitrogen and oxygen atoms in total. The maximum absolute atomic E-state index is 12.7. The molecule has 2 aromatic carbocycles. The molecule has 0 unspecified atom stereocenters. The van der Waals surface area contributed by atoms with Crippen molar-refractivity contribution in [1.29, 1.82) is 0 Å². The standard InChI is InChI=1S/C22H23N3O5/c26-19(24-25-20(27)22(23-21(25)28)13-5-2-6-14-22)15-29-16-9-11-18(12-10-16)30-17-7-3-1-4-8-17/h1,3-4,7-12H,2,5-6,13-15H2,(H,23,28)(H,24,26). The molecule has 1 heterocycles. The molecule has 4 amide bonds. The van der Waals surface area contributed by atoms with E-state index >= 15 is 0 Å². The minimum absolute atomic E-state index is 0.330. The molecule has 8 heteroatoms. The number of urea groups is 1. The van der Waals surface area contributed by atoms with Crippen LogP contribution in [0.25, 0.3) is 0 Å². The predicted molar refractivity (Wildman–Crippen MR) is 108 cm³/mol. The van der Waals surface area contributed by atoms with Crippen LogP contribution in [0, 0.1) is 0 Å². The zero-order chi connectivity index (χ0) is 21.0. The monoisotopic (exact) mass is 409 g/mol. The van der Waals surface area contributed by atoms with Crippen LogP contribution in [0.3, 0.4) is 0 Å². The summed E-state index contributed by atoms with van der Waals surface area (Å²) in [5.41, 5.74) is 1.47. The molecule has 2 aliphatic rings. The summed E-state index contributed by atoms with van der Waals surface area (Å²) in [5, 5.41) is 3.51. The average molecular weight is 409 g/mol. The molecule has 30 heavy (non-hydrogen) atoms. The Morgan fingerprint density at radius 1 is 0.933 bits per heavy atom. The summed E-state index contributed by atoms with van der Waals surface area (Å²) in [6.45, 7) is -0.330. The van der Waals surface area contributed by atoms with Crippen LogP contribution in [0.2, 0.25) is 0 Å². The Bertz CT molecular complexity index is 924. The number of carbonyl (C=O) groups is 3. The van der Waals surface area contributed by atoms with Crippen molar-refractivity contribution in [1.82, 2.24) is 15.8 Å². The molecule has 1 saturated heterocycles. The second kappa shape index (κ2) is 8.44. The number of carbonyl (C=O) groups excluding carboxylic acids is 3. The molecule has 2 fully saturated rings. The van der Waals surface area contributed by atoms with E-state index in [2.05, 4.69) is 10.7 Å². The molecule has 0 radical (unpaired) electrons. The van der Waals surface area contributed by atoms with Gasteiger partial charge < -0.3 is 14.8 Å². The van der Waals surface area contributed by atoms with Crippen molar-refractivity contribution in [2.24, 2.45) is 0 Å². The second-order valence-corrected chi connectivity index (χ2v) is 7.42. The van der Waals surface area contributed by atoms with Gasteiger partial charge in [-0.1, -0.05) is 37.5 Å². The van der Waals surface area contributed by atoms with Gasteiger partial charge in [0.15, 0.2) is 6.61 Å². The second-order valence-electron chi connectivity index (χ2n) is 7.42. The van der Waals surface area contributed by atoms with Crippen LogP contribution < -0.4 is 20.2 Å². The first-order valence-electron chi connectivity index (χ1n) is 9.98. The first kappa shape index (κ1) is 19.8. The molecule has 1 spiro atoms. The maximum Gasteiger partial charge on any atom is 0.344 e. The topological polar surface area (TPSA) is 97.0 Å². The number of ether oxygens (including phenoxy) is 2. The van der Waals surface area contributed by atoms with E-state index in [-0.39, 0.29) is 6.61 Å². The lowest BCUT2D eigenvalue weighted by molar-refractivity contribution is -0.140. The van der Waals surface area contributed by atoms with E-state index in [4.69, 9.17) is 9.47 Å². The van der Waals surface area contributed by atoms with Crippen LogP contribution >= 0.6 is 0 Å². The number of nitrogens with one attached hydrogen (secondary N) is 2. The largest absolute Gasteiger partial charge is 0.484 e. The summed E-state index contributed by atoms with van der Waals surface area (Å²) < 4.78 is 11.2. The Morgan fingerprint density at radius 3 is 2.27 bits per heavy atom. The number of benzene rings is 2. The van der Waals surface area contributed by atoms with Crippen molar-refractivity contribution >= 4 is 17.8 Å². The van der Waals surface area contributed by atoms with Crippen LogP contribution in [0.5, 0.6) is 17.2 Å². The highest BCUT2D eigenvalue weighted by molar-refractivity contribution is 6.08. The Labute approximate surface area is 174 Å². The third-order valence-electron chi connectivity index (χ3n) is 5.28. The normalized spacial score (nSPS) is 17.5. The van der Waals surface area contributed by atoms with Gasteiger partial charge in [0.25, 0.3) is 11.8 Å². The lowest BCUT2D eigenvalue weighted by Crippen LogP contribution is -2.51. The summed E-state index contributed by atoms with van der Waals surface area (Å²) in [6, 6.07) is 15.6. The number of hydrogen-bond acceptors (Lipinski definition) is 5. The van der Waals surface area contributed by atoms with Crippen LogP contribution in [-0.2, 0) is 9.59 Å². The molecule has 2 N–H and O–H groups in total. The highest BCUT2D eigenvalue weighted by Crippen LogP contribution is 2.33. The Balaban J connectivity index is 1.28. The molecule has 156 valence electrons. The SMILES string of the molecule is O=C(COc1ccc(Oc2ccccc2)cc1)NN1C(=O)NC2(CCCCC2)C1=O.